The predicted molar refractivity (Wildman–Crippen MR) is 77.0 cm³/mol. The molecule has 0 saturated carbocycles. The van der Waals surface area contributed by atoms with Gasteiger partial charge >= 0.3 is 0 Å². The van der Waals surface area contributed by atoms with Crippen LogP contribution in [0.1, 0.15) is 33.4 Å². The maximum atomic E-state index is 11.4. The smallest absolute Gasteiger partial charge is 0.225 e. The third kappa shape index (κ3) is 4.58. The number of nitrogens with zero attached hydrogens (tertiary/aromatic N) is 2. The number of allylic oxidation sites excluding steroid dienone is 1. The maximum absolute atomic E-state index is 11.4. The predicted octanol–water partition coefficient (Wildman–Crippen LogP) is 2.57. The van der Waals surface area contributed by atoms with Crippen LogP contribution in [0, 0.1) is 0 Å². The topological polar surface area (TPSA) is 45.2 Å². The number of anilines is 1. The molecule has 0 atom stereocenters. The average Bonchev–Trinajstić information content (AvgIpc) is 2.73. The van der Waals surface area contributed by atoms with Crippen molar-refractivity contribution in [3.8, 4) is 0 Å². The Balaban J connectivity index is 2.53. The van der Waals surface area contributed by atoms with Gasteiger partial charge in [-0.3, -0.25) is 9.69 Å². The standard InChI is InChI=1S/C13H21N3OS/c1-5-16(11(4)17)13-15-12(9-18-13)8-14-7-6-10(2)3/h6,9,14H,5,7-8H2,1-4H3. The van der Waals surface area contributed by atoms with Crippen molar-refractivity contribution in [1.29, 1.82) is 0 Å². The van der Waals surface area contributed by atoms with Crippen molar-refractivity contribution in [2.45, 2.75) is 34.2 Å². The summed E-state index contributed by atoms with van der Waals surface area (Å²) in [5.74, 6) is 0.0379. The summed E-state index contributed by atoms with van der Waals surface area (Å²) in [4.78, 5) is 17.5. The van der Waals surface area contributed by atoms with E-state index < -0.39 is 0 Å². The number of hydrogen-bond acceptors (Lipinski definition) is 4. The summed E-state index contributed by atoms with van der Waals surface area (Å²) >= 11 is 1.51. The molecule has 0 aliphatic carbocycles. The minimum atomic E-state index is 0.0379. The Kier molecular flexibility index (Phi) is 6.01. The molecular weight excluding hydrogens is 246 g/mol. The molecule has 1 N–H and O–H groups in total. The molecule has 18 heavy (non-hydrogen) atoms. The van der Waals surface area contributed by atoms with E-state index in [1.165, 1.54) is 16.9 Å². The van der Waals surface area contributed by atoms with Gasteiger partial charge in [-0.1, -0.05) is 11.6 Å². The van der Waals surface area contributed by atoms with Gasteiger partial charge in [-0.15, -0.1) is 11.3 Å². The molecule has 4 nitrogen and oxygen atoms in total. The van der Waals surface area contributed by atoms with Gasteiger partial charge in [0.15, 0.2) is 5.13 Å². The fourth-order valence-electron chi connectivity index (χ4n) is 1.47. The quantitative estimate of drug-likeness (QED) is 0.636. The second-order valence-corrected chi connectivity index (χ2v) is 5.13. The number of carbonyl (C=O) groups is 1. The van der Waals surface area contributed by atoms with E-state index in [0.29, 0.717) is 6.54 Å². The highest BCUT2D eigenvalue weighted by atomic mass is 32.1. The fourth-order valence-corrected chi connectivity index (χ4v) is 2.40. The molecule has 0 radical (unpaired) electrons. The van der Waals surface area contributed by atoms with E-state index in [4.69, 9.17) is 0 Å². The largest absolute Gasteiger partial charge is 0.308 e. The maximum Gasteiger partial charge on any atom is 0.225 e. The zero-order valence-corrected chi connectivity index (χ0v) is 12.3. The van der Waals surface area contributed by atoms with Crippen molar-refractivity contribution in [3.05, 3.63) is 22.7 Å². The Bertz CT molecular complexity index is 422. The van der Waals surface area contributed by atoms with Crippen LogP contribution in [-0.2, 0) is 11.3 Å². The van der Waals surface area contributed by atoms with Gasteiger partial charge in [0.25, 0.3) is 0 Å². The van der Waals surface area contributed by atoms with E-state index >= 15 is 0 Å². The molecule has 0 aliphatic rings. The molecule has 1 amide bonds. The van der Waals surface area contributed by atoms with Crippen LogP contribution < -0.4 is 10.2 Å². The van der Waals surface area contributed by atoms with Gasteiger partial charge in [0.1, 0.15) is 0 Å². The number of aromatic nitrogens is 1. The SMILES string of the molecule is CCN(C(C)=O)c1nc(CNCC=C(C)C)cs1. The van der Waals surface area contributed by atoms with Crippen LogP contribution in [0.3, 0.4) is 0 Å². The second-order valence-electron chi connectivity index (χ2n) is 4.30. The lowest BCUT2D eigenvalue weighted by atomic mass is 10.3. The van der Waals surface area contributed by atoms with E-state index in [0.717, 1.165) is 23.9 Å². The third-order valence-electron chi connectivity index (χ3n) is 2.43. The normalized spacial score (nSPS) is 10.2. The number of rotatable bonds is 6. The minimum Gasteiger partial charge on any atom is -0.308 e. The summed E-state index contributed by atoms with van der Waals surface area (Å²) < 4.78 is 0. The molecule has 1 aromatic rings. The Hall–Kier alpha value is -1.20. The number of hydrogen-bond donors (Lipinski definition) is 1. The monoisotopic (exact) mass is 267 g/mol. The van der Waals surface area contributed by atoms with E-state index in [9.17, 15) is 4.79 Å². The molecule has 0 spiro atoms. The first-order chi connectivity index (χ1) is 8.54. The number of thiazole rings is 1. The Morgan fingerprint density at radius 3 is 2.78 bits per heavy atom. The molecule has 0 aliphatic heterocycles. The van der Waals surface area contributed by atoms with Gasteiger partial charge in [-0.2, -0.15) is 0 Å². The molecule has 1 rings (SSSR count). The van der Waals surface area contributed by atoms with Crippen molar-refractivity contribution in [3.63, 3.8) is 0 Å². The fraction of sp³-hybridized carbons (Fsp3) is 0.538. The molecule has 0 fully saturated rings. The van der Waals surface area contributed by atoms with E-state index in [1.54, 1.807) is 11.8 Å². The lowest BCUT2D eigenvalue weighted by Crippen LogP contribution is -2.27. The highest BCUT2D eigenvalue weighted by molar-refractivity contribution is 7.14. The third-order valence-corrected chi connectivity index (χ3v) is 3.34. The van der Waals surface area contributed by atoms with Crippen LogP contribution >= 0.6 is 11.3 Å². The molecule has 0 saturated heterocycles. The average molecular weight is 267 g/mol. The van der Waals surface area contributed by atoms with Crippen molar-refractivity contribution < 1.29 is 4.79 Å². The first-order valence-corrected chi connectivity index (χ1v) is 6.99. The highest BCUT2D eigenvalue weighted by Gasteiger charge is 2.12. The van der Waals surface area contributed by atoms with Crippen LogP contribution in [-0.4, -0.2) is 24.0 Å². The number of nitrogens with one attached hydrogen (secondary N) is 1. The summed E-state index contributed by atoms with van der Waals surface area (Å²) in [5, 5.41) is 6.07. The summed E-state index contributed by atoms with van der Waals surface area (Å²) in [6, 6.07) is 0. The van der Waals surface area contributed by atoms with Gasteiger partial charge in [0.05, 0.1) is 5.69 Å². The highest BCUT2D eigenvalue weighted by Crippen LogP contribution is 2.20. The van der Waals surface area contributed by atoms with Crippen LogP contribution in [0.4, 0.5) is 5.13 Å². The molecule has 5 heteroatoms. The first kappa shape index (κ1) is 14.9. The van der Waals surface area contributed by atoms with E-state index in [2.05, 4.69) is 30.2 Å². The van der Waals surface area contributed by atoms with Crippen molar-refractivity contribution in [1.82, 2.24) is 10.3 Å². The van der Waals surface area contributed by atoms with Crippen LogP contribution in [0.15, 0.2) is 17.0 Å². The number of amides is 1. The van der Waals surface area contributed by atoms with Crippen LogP contribution in [0.2, 0.25) is 0 Å². The summed E-state index contributed by atoms with van der Waals surface area (Å²) in [6.45, 7) is 9.92. The molecule has 0 unspecified atom stereocenters. The van der Waals surface area contributed by atoms with Crippen molar-refractivity contribution in [2.75, 3.05) is 18.0 Å². The Morgan fingerprint density at radius 2 is 2.22 bits per heavy atom. The lowest BCUT2D eigenvalue weighted by Gasteiger charge is -2.14. The van der Waals surface area contributed by atoms with Crippen LogP contribution in [0.25, 0.3) is 0 Å². The zero-order valence-electron chi connectivity index (χ0n) is 11.5. The van der Waals surface area contributed by atoms with E-state index in [-0.39, 0.29) is 5.91 Å². The van der Waals surface area contributed by atoms with Crippen molar-refractivity contribution in [2.24, 2.45) is 0 Å². The molecule has 0 aromatic carbocycles. The Morgan fingerprint density at radius 1 is 1.50 bits per heavy atom. The van der Waals surface area contributed by atoms with Gasteiger partial charge in [-0.25, -0.2) is 4.98 Å². The van der Waals surface area contributed by atoms with Gasteiger partial charge in [0.2, 0.25) is 5.91 Å². The minimum absolute atomic E-state index is 0.0379. The van der Waals surface area contributed by atoms with Gasteiger partial charge < -0.3 is 5.32 Å². The molecule has 1 aromatic heterocycles. The van der Waals surface area contributed by atoms with Gasteiger partial charge in [0, 0.05) is 31.9 Å². The van der Waals surface area contributed by atoms with Crippen molar-refractivity contribution >= 4 is 22.4 Å². The number of carbonyl (C=O) groups excluding carboxylic acids is 1. The molecule has 1 heterocycles. The van der Waals surface area contributed by atoms with E-state index in [1.807, 2.05) is 12.3 Å². The van der Waals surface area contributed by atoms with Gasteiger partial charge in [-0.05, 0) is 20.8 Å². The lowest BCUT2D eigenvalue weighted by molar-refractivity contribution is -0.116. The Labute approximate surface area is 113 Å². The molecule has 100 valence electrons. The zero-order chi connectivity index (χ0) is 13.5. The summed E-state index contributed by atoms with van der Waals surface area (Å²) in [7, 11) is 0. The second kappa shape index (κ2) is 7.28. The summed E-state index contributed by atoms with van der Waals surface area (Å²) in [6.07, 6.45) is 2.14. The summed E-state index contributed by atoms with van der Waals surface area (Å²) in [5.41, 5.74) is 2.28. The molecular formula is C13H21N3OS. The first-order valence-electron chi connectivity index (χ1n) is 6.11. The van der Waals surface area contributed by atoms with Crippen LogP contribution in [0.5, 0.6) is 0 Å². The molecule has 0 bridgehead atoms.